The van der Waals surface area contributed by atoms with E-state index in [9.17, 15) is 9.59 Å². The van der Waals surface area contributed by atoms with Crippen molar-refractivity contribution < 1.29 is 9.59 Å². The Labute approximate surface area is 193 Å². The van der Waals surface area contributed by atoms with E-state index >= 15 is 0 Å². The molecule has 2 aromatic rings. The van der Waals surface area contributed by atoms with E-state index in [0.29, 0.717) is 28.8 Å². The fraction of sp³-hybridized carbons (Fsp3) is 0.391. The zero-order valence-electron chi connectivity index (χ0n) is 17.4. The van der Waals surface area contributed by atoms with E-state index in [1.807, 2.05) is 25.1 Å². The van der Waals surface area contributed by atoms with E-state index in [4.69, 9.17) is 23.2 Å². The minimum atomic E-state index is -0.588. The standard InChI is InChI=1S/C23H28Cl2N2O2S/c1-3-12-26-23(29)17(2)27(15-19-9-10-20(24)14-21(19)25)22(28)11-13-30-16-18-7-5-4-6-8-18/h4-10,14,17H,3,11-13,15-16H2,1-2H3,(H,26,29). The summed E-state index contributed by atoms with van der Waals surface area (Å²) in [5, 5.41) is 3.89. The Hall–Kier alpha value is -1.69. The summed E-state index contributed by atoms with van der Waals surface area (Å²) >= 11 is 14.0. The molecular formula is C23H28Cl2N2O2S. The van der Waals surface area contributed by atoms with Gasteiger partial charge in [-0.25, -0.2) is 0 Å². The molecule has 0 aromatic heterocycles. The monoisotopic (exact) mass is 466 g/mol. The highest BCUT2D eigenvalue weighted by Crippen LogP contribution is 2.24. The van der Waals surface area contributed by atoms with Gasteiger partial charge in [0.1, 0.15) is 6.04 Å². The van der Waals surface area contributed by atoms with Crippen molar-refractivity contribution >= 4 is 46.8 Å². The minimum absolute atomic E-state index is 0.0688. The van der Waals surface area contributed by atoms with Crippen LogP contribution >= 0.6 is 35.0 Å². The molecule has 162 valence electrons. The van der Waals surface area contributed by atoms with E-state index in [1.54, 1.807) is 41.8 Å². The Bertz CT molecular complexity index is 833. The fourth-order valence-electron chi connectivity index (χ4n) is 2.88. The first-order valence-electron chi connectivity index (χ1n) is 10.0. The molecule has 4 nitrogen and oxygen atoms in total. The summed E-state index contributed by atoms with van der Waals surface area (Å²) in [7, 11) is 0. The van der Waals surface area contributed by atoms with Crippen LogP contribution in [0.3, 0.4) is 0 Å². The molecular weight excluding hydrogens is 439 g/mol. The molecule has 2 rings (SSSR count). The number of amides is 2. The lowest BCUT2D eigenvalue weighted by atomic mass is 10.1. The quantitative estimate of drug-likeness (QED) is 0.440. The number of halogens is 2. The average Bonchev–Trinajstić information content (AvgIpc) is 2.74. The van der Waals surface area contributed by atoms with E-state index < -0.39 is 6.04 Å². The van der Waals surface area contributed by atoms with Crippen molar-refractivity contribution in [3.05, 3.63) is 69.7 Å². The Kier molecular flexibility index (Phi) is 10.6. The molecule has 0 bridgehead atoms. The predicted octanol–water partition coefficient (Wildman–Crippen LogP) is 5.56. The third-order valence-corrected chi connectivity index (χ3v) is 6.26. The maximum atomic E-state index is 13.0. The number of carbonyl (C=O) groups excluding carboxylic acids is 2. The van der Waals surface area contributed by atoms with Gasteiger partial charge in [-0.3, -0.25) is 9.59 Å². The number of nitrogens with one attached hydrogen (secondary N) is 1. The van der Waals surface area contributed by atoms with Gasteiger partial charge in [0.25, 0.3) is 0 Å². The first-order chi connectivity index (χ1) is 14.4. The van der Waals surface area contributed by atoms with Crippen molar-refractivity contribution in [3.63, 3.8) is 0 Å². The molecule has 0 aliphatic carbocycles. The van der Waals surface area contributed by atoms with Gasteiger partial charge in [-0.15, -0.1) is 0 Å². The summed E-state index contributed by atoms with van der Waals surface area (Å²) in [4.78, 5) is 27.1. The van der Waals surface area contributed by atoms with Crippen LogP contribution in [0, 0.1) is 0 Å². The van der Waals surface area contributed by atoms with Crippen LogP contribution in [0.25, 0.3) is 0 Å². The van der Waals surface area contributed by atoms with E-state index in [2.05, 4.69) is 17.4 Å². The summed E-state index contributed by atoms with van der Waals surface area (Å²) in [5.41, 5.74) is 1.99. The van der Waals surface area contributed by atoms with Crippen LogP contribution in [0.1, 0.15) is 37.8 Å². The average molecular weight is 467 g/mol. The molecule has 1 unspecified atom stereocenters. The Morgan fingerprint density at radius 1 is 1.13 bits per heavy atom. The molecule has 30 heavy (non-hydrogen) atoms. The van der Waals surface area contributed by atoms with Gasteiger partial charge < -0.3 is 10.2 Å². The summed E-state index contributed by atoms with van der Waals surface area (Å²) in [6.45, 7) is 4.59. The van der Waals surface area contributed by atoms with Crippen molar-refractivity contribution in [2.24, 2.45) is 0 Å². The molecule has 0 fully saturated rings. The second-order valence-corrected chi connectivity index (χ2v) is 8.96. The molecule has 0 aliphatic rings. The van der Waals surface area contributed by atoms with Crippen LogP contribution in [0.2, 0.25) is 10.0 Å². The Morgan fingerprint density at radius 2 is 1.87 bits per heavy atom. The van der Waals surface area contributed by atoms with E-state index in [1.165, 1.54) is 5.56 Å². The highest BCUT2D eigenvalue weighted by atomic mass is 35.5. The van der Waals surface area contributed by atoms with Gasteiger partial charge >= 0.3 is 0 Å². The summed E-state index contributed by atoms with van der Waals surface area (Å²) in [6.07, 6.45) is 1.19. The molecule has 1 atom stereocenters. The van der Waals surface area contributed by atoms with E-state index in [-0.39, 0.29) is 18.4 Å². The van der Waals surface area contributed by atoms with Crippen LogP contribution < -0.4 is 5.32 Å². The number of hydrogen-bond acceptors (Lipinski definition) is 3. The molecule has 0 saturated heterocycles. The smallest absolute Gasteiger partial charge is 0.242 e. The van der Waals surface area contributed by atoms with Crippen molar-refractivity contribution in [1.29, 1.82) is 0 Å². The first-order valence-corrected chi connectivity index (χ1v) is 12.0. The second kappa shape index (κ2) is 12.9. The van der Waals surface area contributed by atoms with Gasteiger partial charge in [0, 0.05) is 41.1 Å². The highest BCUT2D eigenvalue weighted by molar-refractivity contribution is 7.98. The molecule has 2 aromatic carbocycles. The molecule has 0 radical (unpaired) electrons. The summed E-state index contributed by atoms with van der Waals surface area (Å²) in [5.74, 6) is 1.30. The first kappa shape index (κ1) is 24.6. The number of benzene rings is 2. The van der Waals surface area contributed by atoms with Crippen molar-refractivity contribution in [1.82, 2.24) is 10.2 Å². The predicted molar refractivity (Wildman–Crippen MR) is 127 cm³/mol. The summed E-state index contributed by atoms with van der Waals surface area (Å²) < 4.78 is 0. The lowest BCUT2D eigenvalue weighted by Crippen LogP contribution is -2.47. The van der Waals surface area contributed by atoms with Gasteiger partial charge in [0.2, 0.25) is 11.8 Å². The Morgan fingerprint density at radius 3 is 2.53 bits per heavy atom. The normalized spacial score (nSPS) is 11.7. The highest BCUT2D eigenvalue weighted by Gasteiger charge is 2.26. The number of rotatable bonds is 11. The third-order valence-electron chi connectivity index (χ3n) is 4.64. The zero-order valence-corrected chi connectivity index (χ0v) is 19.7. The number of carbonyl (C=O) groups is 2. The number of hydrogen-bond donors (Lipinski definition) is 1. The molecule has 1 N–H and O–H groups in total. The lowest BCUT2D eigenvalue weighted by Gasteiger charge is -2.29. The fourth-order valence-corrected chi connectivity index (χ4v) is 4.24. The van der Waals surface area contributed by atoms with Crippen LogP contribution in [-0.2, 0) is 21.9 Å². The minimum Gasteiger partial charge on any atom is -0.354 e. The van der Waals surface area contributed by atoms with Gasteiger partial charge in [-0.05, 0) is 36.6 Å². The van der Waals surface area contributed by atoms with Crippen LogP contribution in [0.4, 0.5) is 0 Å². The third kappa shape index (κ3) is 7.86. The number of nitrogens with zero attached hydrogens (tertiary/aromatic N) is 1. The van der Waals surface area contributed by atoms with Crippen molar-refractivity contribution in [2.75, 3.05) is 12.3 Å². The van der Waals surface area contributed by atoms with Crippen molar-refractivity contribution in [2.45, 2.75) is 45.0 Å². The van der Waals surface area contributed by atoms with Crippen molar-refractivity contribution in [3.8, 4) is 0 Å². The molecule has 7 heteroatoms. The molecule has 0 saturated carbocycles. The second-order valence-electron chi connectivity index (χ2n) is 7.01. The van der Waals surface area contributed by atoms with Gasteiger partial charge in [0.15, 0.2) is 0 Å². The molecule has 0 spiro atoms. The largest absolute Gasteiger partial charge is 0.354 e. The molecule has 2 amide bonds. The molecule has 0 aliphatic heterocycles. The maximum absolute atomic E-state index is 13.0. The van der Waals surface area contributed by atoms with Gasteiger partial charge in [0.05, 0.1) is 0 Å². The van der Waals surface area contributed by atoms with E-state index in [0.717, 1.165) is 17.7 Å². The number of thioether (sulfide) groups is 1. The van der Waals surface area contributed by atoms with Crippen LogP contribution in [0.5, 0.6) is 0 Å². The molecule has 0 heterocycles. The van der Waals surface area contributed by atoms with Gasteiger partial charge in [-0.1, -0.05) is 66.5 Å². The lowest BCUT2D eigenvalue weighted by molar-refractivity contribution is -0.140. The van der Waals surface area contributed by atoms with Crippen LogP contribution in [-0.4, -0.2) is 35.1 Å². The Balaban J connectivity index is 2.03. The zero-order chi connectivity index (χ0) is 21.9. The summed E-state index contributed by atoms with van der Waals surface area (Å²) in [6, 6.07) is 14.8. The SMILES string of the molecule is CCCNC(=O)C(C)N(Cc1ccc(Cl)cc1Cl)C(=O)CCSCc1ccccc1. The topological polar surface area (TPSA) is 49.4 Å². The van der Waals surface area contributed by atoms with Gasteiger partial charge in [-0.2, -0.15) is 11.8 Å². The maximum Gasteiger partial charge on any atom is 0.242 e. The van der Waals surface area contributed by atoms with Crippen LogP contribution in [0.15, 0.2) is 48.5 Å².